The van der Waals surface area contributed by atoms with E-state index in [1.807, 2.05) is 6.07 Å². The van der Waals surface area contributed by atoms with E-state index in [-0.39, 0.29) is 0 Å². The second kappa shape index (κ2) is 11.3. The lowest BCUT2D eigenvalue weighted by atomic mass is 9.84. The molecule has 52 heavy (non-hydrogen) atoms. The highest BCUT2D eigenvalue weighted by Gasteiger charge is 2.21. The summed E-state index contributed by atoms with van der Waals surface area (Å²) in [4.78, 5) is 0. The first-order valence-electron chi connectivity index (χ1n) is 17.7. The Hall–Kier alpha value is -6.90. The molecule has 2 aromatic heterocycles. The topological polar surface area (TPSA) is 26.3 Å². The van der Waals surface area contributed by atoms with Gasteiger partial charge < -0.3 is 8.83 Å². The second-order valence-electron chi connectivity index (χ2n) is 13.6. The SMILES string of the molecule is c1ccc(-c2ccccc2-c2ccc3c(c2)oc2c4ccccc4c(-c4c5ccccc5c(-c5ccc6occc6c5)c5ccccc45)cc32)cc1. The van der Waals surface area contributed by atoms with Gasteiger partial charge in [-0.05, 0) is 108 Å². The van der Waals surface area contributed by atoms with E-state index in [1.54, 1.807) is 6.26 Å². The molecular formula is C50H30O2. The Bertz CT molecular complexity index is 3120. The van der Waals surface area contributed by atoms with Crippen LogP contribution in [0.2, 0.25) is 0 Å². The maximum absolute atomic E-state index is 6.84. The quantitative estimate of drug-likeness (QED) is 0.175. The Labute approximate surface area is 299 Å². The van der Waals surface area contributed by atoms with Gasteiger partial charge in [-0.3, -0.25) is 0 Å². The molecule has 11 aromatic rings. The van der Waals surface area contributed by atoms with E-state index < -0.39 is 0 Å². The van der Waals surface area contributed by atoms with Crippen molar-refractivity contribution in [3.8, 4) is 44.5 Å². The fourth-order valence-electron chi connectivity index (χ4n) is 8.43. The number of fused-ring (bicyclic) bond motifs is 8. The van der Waals surface area contributed by atoms with Crippen LogP contribution in [0.15, 0.2) is 191 Å². The van der Waals surface area contributed by atoms with Crippen LogP contribution in [-0.4, -0.2) is 0 Å². The van der Waals surface area contributed by atoms with Gasteiger partial charge in [-0.15, -0.1) is 0 Å². The van der Waals surface area contributed by atoms with Gasteiger partial charge in [0.25, 0.3) is 0 Å². The normalized spacial score (nSPS) is 11.8. The van der Waals surface area contributed by atoms with Gasteiger partial charge in [0.15, 0.2) is 0 Å². The Morgan fingerprint density at radius 1 is 0.308 bits per heavy atom. The molecule has 0 atom stereocenters. The molecule has 2 heteroatoms. The summed E-state index contributed by atoms with van der Waals surface area (Å²) in [6, 6.07) is 63.2. The summed E-state index contributed by atoms with van der Waals surface area (Å²) in [5.41, 5.74) is 12.3. The van der Waals surface area contributed by atoms with Crippen LogP contribution in [-0.2, 0) is 0 Å². The molecule has 11 rings (SSSR count). The van der Waals surface area contributed by atoms with Crippen molar-refractivity contribution in [2.75, 3.05) is 0 Å². The molecular weight excluding hydrogens is 633 g/mol. The fraction of sp³-hybridized carbons (Fsp3) is 0. The zero-order valence-electron chi connectivity index (χ0n) is 28.1. The highest BCUT2D eigenvalue weighted by molar-refractivity contribution is 6.27. The van der Waals surface area contributed by atoms with E-state index in [2.05, 4.69) is 170 Å². The third-order valence-corrected chi connectivity index (χ3v) is 10.7. The summed E-state index contributed by atoms with van der Waals surface area (Å²) < 4.78 is 12.5. The molecule has 0 saturated heterocycles. The van der Waals surface area contributed by atoms with Crippen LogP contribution in [0.1, 0.15) is 0 Å². The minimum atomic E-state index is 0.886. The van der Waals surface area contributed by atoms with Crippen LogP contribution in [0.25, 0.3) is 110 Å². The highest BCUT2D eigenvalue weighted by Crippen LogP contribution is 2.48. The van der Waals surface area contributed by atoms with Crippen molar-refractivity contribution < 1.29 is 8.83 Å². The molecule has 0 radical (unpaired) electrons. The Kier molecular flexibility index (Phi) is 6.28. The molecule has 0 aliphatic heterocycles. The van der Waals surface area contributed by atoms with Crippen LogP contribution in [0.3, 0.4) is 0 Å². The minimum Gasteiger partial charge on any atom is -0.464 e. The molecule has 0 fully saturated rings. The molecule has 242 valence electrons. The average molecular weight is 663 g/mol. The number of furan rings is 2. The first-order valence-corrected chi connectivity index (χ1v) is 17.7. The third-order valence-electron chi connectivity index (χ3n) is 10.7. The summed E-state index contributed by atoms with van der Waals surface area (Å²) in [6.07, 6.45) is 1.76. The number of hydrogen-bond acceptors (Lipinski definition) is 2. The van der Waals surface area contributed by atoms with E-state index in [0.717, 1.165) is 43.9 Å². The number of hydrogen-bond donors (Lipinski definition) is 0. The maximum atomic E-state index is 6.84. The first-order chi connectivity index (χ1) is 25.8. The van der Waals surface area contributed by atoms with Crippen molar-refractivity contribution in [2.45, 2.75) is 0 Å². The zero-order chi connectivity index (χ0) is 34.2. The molecule has 0 spiro atoms. The number of rotatable bonds is 4. The van der Waals surface area contributed by atoms with Gasteiger partial charge in [0.1, 0.15) is 16.7 Å². The zero-order valence-corrected chi connectivity index (χ0v) is 28.1. The van der Waals surface area contributed by atoms with Crippen LogP contribution in [0.5, 0.6) is 0 Å². The molecule has 2 heterocycles. The average Bonchev–Trinajstić information content (AvgIpc) is 3.84. The fourth-order valence-corrected chi connectivity index (χ4v) is 8.43. The van der Waals surface area contributed by atoms with Crippen molar-refractivity contribution in [1.29, 1.82) is 0 Å². The summed E-state index contributed by atoms with van der Waals surface area (Å²) in [5.74, 6) is 0. The summed E-state index contributed by atoms with van der Waals surface area (Å²) >= 11 is 0. The highest BCUT2D eigenvalue weighted by atomic mass is 16.3. The van der Waals surface area contributed by atoms with Crippen molar-refractivity contribution in [1.82, 2.24) is 0 Å². The minimum absolute atomic E-state index is 0.886. The standard InChI is InChI=1S/C50H30O2/c1-2-12-31(13-3-1)35-14-4-5-15-36(35)32-22-24-38-45-30-44(37-16-6-11-21-43(37)50(45)52-47(38)29-32)49-41-19-9-7-17-39(41)48(40-18-8-10-20-42(40)49)34-23-25-46-33(28-34)26-27-51-46/h1-30H. The molecule has 0 aliphatic rings. The monoisotopic (exact) mass is 662 g/mol. The van der Waals surface area contributed by atoms with Gasteiger partial charge in [0, 0.05) is 21.5 Å². The van der Waals surface area contributed by atoms with Crippen LogP contribution in [0, 0.1) is 0 Å². The largest absolute Gasteiger partial charge is 0.464 e. The molecule has 9 aromatic carbocycles. The van der Waals surface area contributed by atoms with E-state index in [0.29, 0.717) is 0 Å². The van der Waals surface area contributed by atoms with E-state index in [9.17, 15) is 0 Å². The first kappa shape index (κ1) is 28.9. The summed E-state index contributed by atoms with van der Waals surface area (Å²) in [7, 11) is 0. The molecule has 0 aliphatic carbocycles. The van der Waals surface area contributed by atoms with Gasteiger partial charge in [0.05, 0.1) is 6.26 Å². The van der Waals surface area contributed by atoms with E-state index >= 15 is 0 Å². The van der Waals surface area contributed by atoms with Crippen LogP contribution >= 0.6 is 0 Å². The van der Waals surface area contributed by atoms with Crippen LogP contribution < -0.4 is 0 Å². The summed E-state index contributed by atoms with van der Waals surface area (Å²) in [5, 5.41) is 10.5. The molecule has 2 nitrogen and oxygen atoms in total. The van der Waals surface area contributed by atoms with Gasteiger partial charge in [-0.2, -0.15) is 0 Å². The molecule has 0 bridgehead atoms. The van der Waals surface area contributed by atoms with Gasteiger partial charge in [-0.25, -0.2) is 0 Å². The van der Waals surface area contributed by atoms with Crippen LogP contribution in [0.4, 0.5) is 0 Å². The molecule has 0 amide bonds. The predicted molar refractivity (Wildman–Crippen MR) is 218 cm³/mol. The van der Waals surface area contributed by atoms with Crippen molar-refractivity contribution in [3.05, 3.63) is 182 Å². The smallest absolute Gasteiger partial charge is 0.143 e. The lowest BCUT2D eigenvalue weighted by Crippen LogP contribution is -1.92. The van der Waals surface area contributed by atoms with Gasteiger partial charge in [0.2, 0.25) is 0 Å². The Balaban J connectivity index is 1.18. The van der Waals surface area contributed by atoms with Crippen molar-refractivity contribution >= 4 is 65.2 Å². The lowest BCUT2D eigenvalue weighted by molar-refractivity contribution is 0.616. The van der Waals surface area contributed by atoms with Crippen molar-refractivity contribution in [2.24, 2.45) is 0 Å². The predicted octanol–water partition coefficient (Wildman–Crippen LogP) is 14.5. The lowest BCUT2D eigenvalue weighted by Gasteiger charge is -2.19. The third kappa shape index (κ3) is 4.31. The number of benzene rings is 9. The second-order valence-corrected chi connectivity index (χ2v) is 13.6. The maximum Gasteiger partial charge on any atom is 0.143 e. The molecule has 0 N–H and O–H groups in total. The molecule has 0 unspecified atom stereocenters. The molecule has 0 saturated carbocycles. The van der Waals surface area contributed by atoms with Gasteiger partial charge >= 0.3 is 0 Å². The Morgan fingerprint density at radius 3 is 1.63 bits per heavy atom. The van der Waals surface area contributed by atoms with E-state index in [4.69, 9.17) is 8.83 Å². The van der Waals surface area contributed by atoms with Gasteiger partial charge in [-0.1, -0.05) is 140 Å². The Morgan fingerprint density at radius 2 is 0.904 bits per heavy atom. The summed E-state index contributed by atoms with van der Waals surface area (Å²) in [6.45, 7) is 0. The van der Waals surface area contributed by atoms with E-state index in [1.165, 1.54) is 65.9 Å². The van der Waals surface area contributed by atoms with Crippen molar-refractivity contribution in [3.63, 3.8) is 0 Å².